The van der Waals surface area contributed by atoms with Crippen LogP contribution in [0.4, 0.5) is 0 Å². The third-order valence-electron chi connectivity index (χ3n) is 11.8. The average Bonchev–Trinajstić information content (AvgIpc) is 3.09. The van der Waals surface area contributed by atoms with E-state index < -0.39 is 13.4 Å². The van der Waals surface area contributed by atoms with Crippen molar-refractivity contribution in [2.45, 2.75) is 141 Å². The summed E-state index contributed by atoms with van der Waals surface area (Å²) in [5.41, 5.74) is 0.510. The fraction of sp³-hybridized carbons (Fsp3) is 0.643. The van der Waals surface area contributed by atoms with Crippen LogP contribution in [0.1, 0.15) is 136 Å². The molecule has 46 heavy (non-hydrogen) atoms. The van der Waals surface area contributed by atoms with Gasteiger partial charge in [-0.2, -0.15) is 0 Å². The smallest absolute Gasteiger partial charge is 0.333 e. The van der Waals surface area contributed by atoms with E-state index in [0.29, 0.717) is 25.0 Å². The zero-order chi connectivity index (χ0) is 32.8. The summed E-state index contributed by atoms with van der Waals surface area (Å²) in [5, 5.41) is 1.57. The van der Waals surface area contributed by atoms with Gasteiger partial charge in [-0.15, -0.1) is 0 Å². The average molecular weight is 645 g/mol. The lowest BCUT2D eigenvalue weighted by Crippen LogP contribution is -2.65. The van der Waals surface area contributed by atoms with Crippen LogP contribution in [-0.2, 0) is 9.53 Å². The molecule has 0 radical (unpaired) electrons. The molecule has 2 fully saturated rings. The number of hydrogen-bond donors (Lipinski definition) is 1. The van der Waals surface area contributed by atoms with Crippen LogP contribution < -0.4 is 10.4 Å². The third-order valence-corrected chi connectivity index (χ3v) is 16.4. The van der Waals surface area contributed by atoms with E-state index >= 15 is 0 Å². The summed E-state index contributed by atoms with van der Waals surface area (Å²) in [6.45, 7) is 11.1. The number of hydrogen-bond acceptors (Lipinski definition) is 3. The minimum atomic E-state index is -3.10. The van der Waals surface area contributed by atoms with Gasteiger partial charge in [0.15, 0.2) is 0 Å². The first-order valence-corrected chi connectivity index (χ1v) is 20.9. The van der Waals surface area contributed by atoms with Crippen molar-refractivity contribution in [1.82, 2.24) is 0 Å². The van der Waals surface area contributed by atoms with Gasteiger partial charge in [0, 0.05) is 5.57 Å². The Morgan fingerprint density at radius 2 is 1.17 bits per heavy atom. The van der Waals surface area contributed by atoms with Crippen LogP contribution in [0.5, 0.6) is 0 Å². The predicted octanol–water partition coefficient (Wildman–Crippen LogP) is 10.2. The van der Waals surface area contributed by atoms with Gasteiger partial charge in [-0.05, 0) is 64.8 Å². The molecule has 2 aromatic carbocycles. The fourth-order valence-corrected chi connectivity index (χ4v) is 12.2. The van der Waals surface area contributed by atoms with Gasteiger partial charge in [-0.25, -0.2) is 4.79 Å². The zero-order valence-electron chi connectivity index (χ0n) is 29.5. The number of rotatable bonds is 18. The molecule has 0 aromatic heterocycles. The third kappa shape index (κ3) is 10.4. The van der Waals surface area contributed by atoms with Crippen LogP contribution >= 0.6 is 0 Å². The SMILES string of the molecule is C=C(CCC(C)(C)[Si](O)(c1ccccc1)c1ccccc1)C(=O)OCCCC1CCC(CCC2CCC(CCCCC)CC2)CC1. The van der Waals surface area contributed by atoms with Crippen LogP contribution in [0.15, 0.2) is 72.8 Å². The molecule has 0 heterocycles. The van der Waals surface area contributed by atoms with Crippen LogP contribution in [0.2, 0.25) is 5.04 Å². The standard InChI is InChI=1S/C42H64O3Si/c1-5-6-9-15-35-21-25-37(26-22-35)29-30-38-27-23-36(24-28-38)16-14-33-45-41(43)34(2)31-32-42(3,4)46(44,39-17-10-7-11-18-39)40-19-12-8-13-20-40/h7-8,10-13,17-20,35-38,44H,2,5-6,9,14-16,21-33H2,1,3-4H3. The molecule has 1 N–H and O–H groups in total. The van der Waals surface area contributed by atoms with Gasteiger partial charge in [-0.1, -0.05) is 178 Å². The molecule has 0 aliphatic heterocycles. The van der Waals surface area contributed by atoms with E-state index in [1.54, 1.807) is 0 Å². The molecule has 0 amide bonds. The largest absolute Gasteiger partial charge is 0.462 e. The van der Waals surface area contributed by atoms with E-state index in [9.17, 15) is 9.59 Å². The number of benzene rings is 2. The second-order valence-electron chi connectivity index (χ2n) is 15.6. The van der Waals surface area contributed by atoms with Gasteiger partial charge in [0.2, 0.25) is 0 Å². The van der Waals surface area contributed by atoms with Crippen molar-refractivity contribution in [1.29, 1.82) is 0 Å². The van der Waals surface area contributed by atoms with E-state index in [1.165, 1.54) is 89.9 Å². The maximum atomic E-state index is 12.9. The van der Waals surface area contributed by atoms with Gasteiger partial charge in [0.25, 0.3) is 8.32 Å². The van der Waals surface area contributed by atoms with E-state index in [-0.39, 0.29) is 5.97 Å². The van der Waals surface area contributed by atoms with Crippen LogP contribution in [0.3, 0.4) is 0 Å². The van der Waals surface area contributed by atoms with Gasteiger partial charge < -0.3 is 9.53 Å². The summed E-state index contributed by atoms with van der Waals surface area (Å²) in [7, 11) is -3.10. The molecular weight excluding hydrogens is 581 g/mol. The Labute approximate surface area is 282 Å². The Bertz CT molecular complexity index is 1120. The van der Waals surface area contributed by atoms with Gasteiger partial charge in [0.05, 0.1) is 6.61 Å². The highest BCUT2D eigenvalue weighted by Crippen LogP contribution is 2.41. The number of carbonyl (C=O) groups excluding carboxylic acids is 1. The van der Waals surface area contributed by atoms with Crippen molar-refractivity contribution in [2.24, 2.45) is 23.7 Å². The highest BCUT2D eigenvalue weighted by Gasteiger charge is 2.49. The quantitative estimate of drug-likeness (QED) is 0.0760. The van der Waals surface area contributed by atoms with Crippen LogP contribution in [-0.4, -0.2) is 25.7 Å². The number of esters is 1. The Hall–Kier alpha value is -2.17. The molecule has 2 aromatic rings. The van der Waals surface area contributed by atoms with E-state index in [0.717, 1.165) is 46.9 Å². The summed E-state index contributed by atoms with van der Waals surface area (Å²) in [5.74, 6) is 3.47. The first kappa shape index (κ1) is 36.7. The van der Waals surface area contributed by atoms with Crippen LogP contribution in [0, 0.1) is 23.7 Å². The van der Waals surface area contributed by atoms with E-state index in [2.05, 4.69) is 27.4 Å². The highest BCUT2D eigenvalue weighted by molar-refractivity contribution is 6.98. The molecule has 4 heteroatoms. The molecular formula is C42H64O3Si. The van der Waals surface area contributed by atoms with Crippen LogP contribution in [0.25, 0.3) is 0 Å². The second-order valence-corrected chi connectivity index (χ2v) is 19.5. The molecule has 0 spiro atoms. The topological polar surface area (TPSA) is 46.5 Å². The van der Waals surface area contributed by atoms with Gasteiger partial charge >= 0.3 is 5.97 Å². The second kappa shape index (κ2) is 18.4. The normalized spacial score (nSPS) is 22.3. The molecule has 254 valence electrons. The highest BCUT2D eigenvalue weighted by atomic mass is 28.4. The number of ether oxygens (including phenoxy) is 1. The molecule has 0 unspecified atom stereocenters. The molecule has 4 rings (SSSR count). The summed E-state index contributed by atoms with van der Waals surface area (Å²) in [6.07, 6.45) is 23.3. The summed E-state index contributed by atoms with van der Waals surface area (Å²) in [6, 6.07) is 20.1. The molecule has 2 saturated carbocycles. The lowest BCUT2D eigenvalue weighted by atomic mass is 9.74. The van der Waals surface area contributed by atoms with Crippen molar-refractivity contribution in [2.75, 3.05) is 6.61 Å². The van der Waals surface area contributed by atoms with Gasteiger partial charge in [0.1, 0.15) is 0 Å². The number of unbranched alkanes of at least 4 members (excludes halogenated alkanes) is 2. The lowest BCUT2D eigenvalue weighted by Gasteiger charge is -2.41. The molecule has 0 saturated heterocycles. The molecule has 2 aliphatic carbocycles. The predicted molar refractivity (Wildman–Crippen MR) is 197 cm³/mol. The first-order chi connectivity index (χ1) is 22.2. The fourth-order valence-electron chi connectivity index (χ4n) is 8.46. The minimum Gasteiger partial charge on any atom is -0.462 e. The summed E-state index contributed by atoms with van der Waals surface area (Å²) >= 11 is 0. The van der Waals surface area contributed by atoms with E-state index in [1.807, 2.05) is 60.7 Å². The molecule has 3 nitrogen and oxygen atoms in total. The Morgan fingerprint density at radius 1 is 0.739 bits per heavy atom. The van der Waals surface area contributed by atoms with Crippen molar-refractivity contribution < 1.29 is 14.3 Å². The summed E-state index contributed by atoms with van der Waals surface area (Å²) in [4.78, 5) is 25.2. The molecule has 0 bridgehead atoms. The minimum absolute atomic E-state index is 0.279. The zero-order valence-corrected chi connectivity index (χ0v) is 30.5. The lowest BCUT2D eigenvalue weighted by molar-refractivity contribution is -0.139. The monoisotopic (exact) mass is 644 g/mol. The van der Waals surface area contributed by atoms with Gasteiger partial charge in [-0.3, -0.25) is 0 Å². The van der Waals surface area contributed by atoms with Crippen molar-refractivity contribution in [3.63, 3.8) is 0 Å². The molecule has 2 aliphatic rings. The summed E-state index contributed by atoms with van der Waals surface area (Å²) < 4.78 is 5.69. The van der Waals surface area contributed by atoms with Crippen molar-refractivity contribution in [3.05, 3.63) is 72.8 Å². The molecule has 0 atom stereocenters. The number of carbonyl (C=O) groups is 1. The van der Waals surface area contributed by atoms with Crippen molar-refractivity contribution in [3.8, 4) is 0 Å². The Balaban J connectivity index is 1.11. The van der Waals surface area contributed by atoms with E-state index in [4.69, 9.17) is 4.74 Å². The van der Waals surface area contributed by atoms with Crippen molar-refractivity contribution >= 4 is 24.7 Å². The Morgan fingerprint density at radius 3 is 1.63 bits per heavy atom. The Kier molecular flexibility index (Phi) is 14.7. The maximum Gasteiger partial charge on any atom is 0.333 e. The first-order valence-electron chi connectivity index (χ1n) is 18.9. The maximum absolute atomic E-state index is 12.9.